The van der Waals surface area contributed by atoms with Crippen molar-refractivity contribution in [3.63, 3.8) is 0 Å². The Hall–Kier alpha value is -0.160. The fraction of sp³-hybridized carbons (Fsp3) is 1.00. The van der Waals surface area contributed by atoms with Gasteiger partial charge < -0.3 is 18.9 Å². The number of hydrogen-bond donors (Lipinski definition) is 0. The van der Waals surface area contributed by atoms with E-state index >= 15 is 0 Å². The first-order chi connectivity index (χ1) is 11.8. The molecule has 1 saturated carbocycles. The number of ether oxygens (including phenoxy) is 4. The second-order valence-electron chi connectivity index (χ2n) is 8.10. The average molecular weight is 341 g/mol. The highest BCUT2D eigenvalue weighted by atomic mass is 16.7. The van der Waals surface area contributed by atoms with Gasteiger partial charge in [0.1, 0.15) is 0 Å². The van der Waals surface area contributed by atoms with E-state index < -0.39 is 0 Å². The molecule has 0 unspecified atom stereocenters. The SMILES string of the molecule is CCC1COC(CC2CCC(CC3OCC(CC)CO3)CC2)OC1. The maximum atomic E-state index is 5.89. The fourth-order valence-electron chi connectivity index (χ4n) is 4.16. The maximum Gasteiger partial charge on any atom is 0.157 e. The Morgan fingerprint density at radius 1 is 0.542 bits per heavy atom. The van der Waals surface area contributed by atoms with Crippen molar-refractivity contribution in [1.82, 2.24) is 0 Å². The van der Waals surface area contributed by atoms with Gasteiger partial charge in [-0.1, -0.05) is 13.8 Å². The van der Waals surface area contributed by atoms with E-state index in [1.807, 2.05) is 0 Å². The summed E-state index contributed by atoms with van der Waals surface area (Å²) in [5.41, 5.74) is 0. The Morgan fingerprint density at radius 2 is 0.875 bits per heavy atom. The Bertz CT molecular complexity index is 304. The second-order valence-corrected chi connectivity index (χ2v) is 8.10. The molecule has 0 aromatic heterocycles. The zero-order valence-electron chi connectivity index (χ0n) is 15.6. The minimum absolute atomic E-state index is 0.0466. The smallest absolute Gasteiger partial charge is 0.157 e. The van der Waals surface area contributed by atoms with Gasteiger partial charge in [-0.3, -0.25) is 0 Å². The van der Waals surface area contributed by atoms with Crippen molar-refractivity contribution in [2.75, 3.05) is 26.4 Å². The summed E-state index contributed by atoms with van der Waals surface area (Å²) in [5, 5.41) is 0. The minimum atomic E-state index is 0.0466. The molecule has 3 rings (SSSR count). The highest BCUT2D eigenvalue weighted by Gasteiger charge is 2.30. The first-order valence-electron chi connectivity index (χ1n) is 10.2. The van der Waals surface area contributed by atoms with Crippen LogP contribution in [0.5, 0.6) is 0 Å². The Labute approximate surface area is 147 Å². The van der Waals surface area contributed by atoms with Crippen molar-refractivity contribution in [1.29, 1.82) is 0 Å². The molecule has 2 aliphatic heterocycles. The molecule has 2 saturated heterocycles. The lowest BCUT2D eigenvalue weighted by molar-refractivity contribution is -0.213. The fourth-order valence-corrected chi connectivity index (χ4v) is 4.16. The van der Waals surface area contributed by atoms with Crippen LogP contribution in [0.2, 0.25) is 0 Å². The van der Waals surface area contributed by atoms with Gasteiger partial charge in [-0.05, 0) is 50.4 Å². The van der Waals surface area contributed by atoms with Crippen LogP contribution in [0, 0.1) is 23.7 Å². The Kier molecular flexibility index (Phi) is 7.38. The van der Waals surface area contributed by atoms with E-state index in [0.717, 1.165) is 63.9 Å². The van der Waals surface area contributed by atoms with Gasteiger partial charge in [-0.25, -0.2) is 0 Å². The largest absolute Gasteiger partial charge is 0.352 e. The van der Waals surface area contributed by atoms with Crippen molar-refractivity contribution in [2.24, 2.45) is 23.7 Å². The molecule has 24 heavy (non-hydrogen) atoms. The molecule has 3 fully saturated rings. The van der Waals surface area contributed by atoms with Gasteiger partial charge in [0.25, 0.3) is 0 Å². The maximum absolute atomic E-state index is 5.89. The van der Waals surface area contributed by atoms with Crippen LogP contribution in [-0.4, -0.2) is 39.0 Å². The molecule has 4 nitrogen and oxygen atoms in total. The van der Waals surface area contributed by atoms with Gasteiger partial charge in [0.05, 0.1) is 26.4 Å². The Balaban J connectivity index is 1.30. The molecule has 0 radical (unpaired) electrons. The van der Waals surface area contributed by atoms with Crippen LogP contribution < -0.4 is 0 Å². The lowest BCUT2D eigenvalue weighted by Crippen LogP contribution is -2.35. The van der Waals surface area contributed by atoms with Crippen molar-refractivity contribution < 1.29 is 18.9 Å². The van der Waals surface area contributed by atoms with Crippen LogP contribution in [-0.2, 0) is 18.9 Å². The quantitative estimate of drug-likeness (QED) is 0.719. The van der Waals surface area contributed by atoms with Gasteiger partial charge in [-0.15, -0.1) is 0 Å². The first kappa shape index (κ1) is 18.6. The molecule has 0 amide bonds. The molecule has 3 aliphatic rings. The highest BCUT2D eigenvalue weighted by molar-refractivity contribution is 4.76. The van der Waals surface area contributed by atoms with Gasteiger partial charge in [-0.2, -0.15) is 0 Å². The number of hydrogen-bond acceptors (Lipinski definition) is 4. The van der Waals surface area contributed by atoms with Crippen molar-refractivity contribution in [3.8, 4) is 0 Å². The van der Waals surface area contributed by atoms with E-state index in [0.29, 0.717) is 11.8 Å². The zero-order chi connectivity index (χ0) is 16.8. The van der Waals surface area contributed by atoms with Gasteiger partial charge >= 0.3 is 0 Å². The topological polar surface area (TPSA) is 36.9 Å². The molecule has 4 heteroatoms. The van der Waals surface area contributed by atoms with Gasteiger partial charge in [0.15, 0.2) is 12.6 Å². The summed E-state index contributed by atoms with van der Waals surface area (Å²) in [6.07, 6.45) is 9.77. The van der Waals surface area contributed by atoms with E-state index in [9.17, 15) is 0 Å². The monoisotopic (exact) mass is 340 g/mol. The molecule has 0 aromatic rings. The molecule has 0 N–H and O–H groups in total. The van der Waals surface area contributed by atoms with Crippen LogP contribution in [0.25, 0.3) is 0 Å². The lowest BCUT2D eigenvalue weighted by Gasteiger charge is -2.36. The van der Waals surface area contributed by atoms with Crippen molar-refractivity contribution in [3.05, 3.63) is 0 Å². The third-order valence-corrected chi connectivity index (χ3v) is 6.24. The summed E-state index contributed by atoms with van der Waals surface area (Å²) >= 11 is 0. The van der Waals surface area contributed by atoms with Crippen LogP contribution in [0.1, 0.15) is 65.2 Å². The third-order valence-electron chi connectivity index (χ3n) is 6.24. The van der Waals surface area contributed by atoms with Crippen molar-refractivity contribution >= 4 is 0 Å². The van der Waals surface area contributed by atoms with Crippen LogP contribution in [0.3, 0.4) is 0 Å². The van der Waals surface area contributed by atoms with Gasteiger partial charge in [0, 0.05) is 24.7 Å². The summed E-state index contributed by atoms with van der Waals surface area (Å²) in [5.74, 6) is 2.73. The third kappa shape index (κ3) is 5.42. The standard InChI is InChI=1S/C20H36O4/c1-3-15-11-21-19(22-12-15)9-17-5-7-18(8-6-17)10-20-23-13-16(4-2)14-24-20/h15-20H,3-14H2,1-2H3. The summed E-state index contributed by atoms with van der Waals surface area (Å²) in [6, 6.07) is 0. The van der Waals surface area contributed by atoms with Crippen LogP contribution >= 0.6 is 0 Å². The molecule has 140 valence electrons. The molecule has 0 aromatic carbocycles. The molecule has 0 atom stereocenters. The lowest BCUT2D eigenvalue weighted by atomic mass is 9.79. The Morgan fingerprint density at radius 3 is 1.17 bits per heavy atom. The molecular weight excluding hydrogens is 304 g/mol. The summed E-state index contributed by atoms with van der Waals surface area (Å²) < 4.78 is 23.6. The normalized spacial score (nSPS) is 41.2. The highest BCUT2D eigenvalue weighted by Crippen LogP contribution is 2.36. The van der Waals surface area contributed by atoms with Gasteiger partial charge in [0.2, 0.25) is 0 Å². The molecular formula is C20H36O4. The first-order valence-corrected chi connectivity index (χ1v) is 10.2. The van der Waals surface area contributed by atoms with Crippen LogP contribution in [0.15, 0.2) is 0 Å². The van der Waals surface area contributed by atoms with E-state index in [-0.39, 0.29) is 12.6 Å². The van der Waals surface area contributed by atoms with E-state index in [4.69, 9.17) is 18.9 Å². The number of rotatable bonds is 6. The summed E-state index contributed by atoms with van der Waals surface area (Å²) in [7, 11) is 0. The van der Waals surface area contributed by atoms with E-state index in [2.05, 4.69) is 13.8 Å². The molecule has 2 heterocycles. The summed E-state index contributed by atoms with van der Waals surface area (Å²) in [6.45, 7) is 7.94. The predicted molar refractivity (Wildman–Crippen MR) is 93.6 cm³/mol. The van der Waals surface area contributed by atoms with E-state index in [1.54, 1.807) is 0 Å². The molecule has 1 aliphatic carbocycles. The van der Waals surface area contributed by atoms with Crippen LogP contribution in [0.4, 0.5) is 0 Å². The predicted octanol–water partition coefficient (Wildman–Crippen LogP) is 4.37. The molecule has 0 spiro atoms. The minimum Gasteiger partial charge on any atom is -0.352 e. The summed E-state index contributed by atoms with van der Waals surface area (Å²) in [4.78, 5) is 0. The van der Waals surface area contributed by atoms with Crippen molar-refractivity contribution in [2.45, 2.75) is 77.8 Å². The average Bonchev–Trinajstić information content (AvgIpc) is 2.65. The molecule has 0 bridgehead atoms. The zero-order valence-corrected chi connectivity index (χ0v) is 15.6. The van der Waals surface area contributed by atoms with E-state index in [1.165, 1.54) is 25.7 Å². The second kappa shape index (κ2) is 9.51.